The lowest BCUT2D eigenvalue weighted by molar-refractivity contribution is 0.158. The SMILES string of the molecule is C[C@]1(Cl)C[C@@H]2c3cccnc3[C@H]3[C@@H](Cl)[C@@]231. The fraction of sp³-hybridized carbons (Fsp3) is 0.583. The van der Waals surface area contributed by atoms with Gasteiger partial charge in [0.1, 0.15) is 0 Å². The largest absolute Gasteiger partial charge is 0.261 e. The smallest absolute Gasteiger partial charge is 0.0512 e. The molecule has 0 aliphatic heterocycles. The summed E-state index contributed by atoms with van der Waals surface area (Å²) in [6, 6.07) is 4.21. The number of alkyl halides is 2. The summed E-state index contributed by atoms with van der Waals surface area (Å²) in [4.78, 5) is 4.37. The third-order valence-corrected chi connectivity index (χ3v) is 5.86. The van der Waals surface area contributed by atoms with Gasteiger partial charge in [-0.15, -0.1) is 23.2 Å². The van der Waals surface area contributed by atoms with E-state index in [0.29, 0.717) is 11.8 Å². The van der Waals surface area contributed by atoms with E-state index < -0.39 is 0 Å². The molecule has 15 heavy (non-hydrogen) atoms. The van der Waals surface area contributed by atoms with Crippen LogP contribution in [0.25, 0.3) is 0 Å². The van der Waals surface area contributed by atoms with E-state index in [1.807, 2.05) is 12.3 Å². The van der Waals surface area contributed by atoms with Crippen molar-refractivity contribution < 1.29 is 0 Å². The Labute approximate surface area is 98.8 Å². The van der Waals surface area contributed by atoms with Crippen LogP contribution in [0.2, 0.25) is 0 Å². The zero-order valence-electron chi connectivity index (χ0n) is 8.37. The first-order chi connectivity index (χ1) is 7.11. The number of pyridine rings is 1. The third kappa shape index (κ3) is 0.679. The molecule has 0 aromatic carbocycles. The summed E-state index contributed by atoms with van der Waals surface area (Å²) in [6.07, 6.45) is 2.91. The Morgan fingerprint density at radius 1 is 1.53 bits per heavy atom. The Balaban J connectivity index is 1.94. The first-order valence-electron chi connectivity index (χ1n) is 5.38. The Morgan fingerprint density at radius 3 is 3.07 bits per heavy atom. The summed E-state index contributed by atoms with van der Waals surface area (Å²) in [6.45, 7) is 2.13. The second kappa shape index (κ2) is 2.21. The summed E-state index contributed by atoms with van der Waals surface area (Å²) in [5.74, 6) is 0.979. The maximum Gasteiger partial charge on any atom is 0.0512 e. The van der Waals surface area contributed by atoms with Crippen LogP contribution < -0.4 is 0 Å². The molecule has 5 atom stereocenters. The molecule has 0 N–H and O–H groups in total. The lowest BCUT2D eigenvalue weighted by Gasteiger charge is -2.49. The van der Waals surface area contributed by atoms with E-state index in [9.17, 15) is 0 Å². The highest BCUT2D eigenvalue weighted by Gasteiger charge is 2.85. The van der Waals surface area contributed by atoms with Gasteiger partial charge in [-0.1, -0.05) is 6.07 Å². The molecule has 3 aliphatic rings. The molecule has 1 spiro atoms. The molecule has 0 radical (unpaired) electrons. The normalized spacial score (nSPS) is 53.9. The van der Waals surface area contributed by atoms with E-state index in [-0.39, 0.29) is 15.7 Å². The number of aromatic nitrogens is 1. The molecule has 0 saturated heterocycles. The molecule has 3 aliphatic carbocycles. The molecule has 3 heteroatoms. The Hall–Kier alpha value is -0.270. The number of hydrogen-bond donors (Lipinski definition) is 0. The molecule has 1 heterocycles. The molecule has 78 valence electrons. The van der Waals surface area contributed by atoms with E-state index in [1.165, 1.54) is 11.3 Å². The molecular formula is C12H11Cl2N. The van der Waals surface area contributed by atoms with Gasteiger partial charge in [-0.3, -0.25) is 4.98 Å². The number of nitrogens with zero attached hydrogens (tertiary/aromatic N) is 1. The highest BCUT2D eigenvalue weighted by Crippen LogP contribution is 2.87. The van der Waals surface area contributed by atoms with Crippen molar-refractivity contribution in [2.75, 3.05) is 0 Å². The second-order valence-corrected chi connectivity index (χ2v) is 6.55. The fourth-order valence-corrected chi connectivity index (χ4v) is 5.42. The van der Waals surface area contributed by atoms with Gasteiger partial charge < -0.3 is 0 Å². The highest BCUT2D eigenvalue weighted by molar-refractivity contribution is 6.31. The van der Waals surface area contributed by atoms with Crippen LogP contribution >= 0.6 is 23.2 Å². The first-order valence-corrected chi connectivity index (χ1v) is 6.20. The van der Waals surface area contributed by atoms with Gasteiger partial charge in [0.05, 0.1) is 10.3 Å². The molecule has 2 saturated carbocycles. The Morgan fingerprint density at radius 2 is 2.33 bits per heavy atom. The van der Waals surface area contributed by atoms with Crippen LogP contribution in [0, 0.1) is 5.41 Å². The van der Waals surface area contributed by atoms with Crippen LogP contribution in [0.4, 0.5) is 0 Å². The van der Waals surface area contributed by atoms with Crippen molar-refractivity contribution in [1.82, 2.24) is 4.98 Å². The average molecular weight is 240 g/mol. The van der Waals surface area contributed by atoms with Gasteiger partial charge in [-0.2, -0.15) is 0 Å². The van der Waals surface area contributed by atoms with Crippen molar-refractivity contribution in [3.8, 4) is 0 Å². The van der Waals surface area contributed by atoms with E-state index in [4.69, 9.17) is 23.2 Å². The van der Waals surface area contributed by atoms with Gasteiger partial charge >= 0.3 is 0 Å². The minimum absolute atomic E-state index is 0.116. The fourth-order valence-electron chi connectivity index (χ4n) is 4.06. The quantitative estimate of drug-likeness (QED) is 0.634. The minimum atomic E-state index is -0.116. The van der Waals surface area contributed by atoms with E-state index in [0.717, 1.165) is 6.42 Å². The van der Waals surface area contributed by atoms with Gasteiger partial charge in [0.2, 0.25) is 0 Å². The summed E-state index contributed by atoms with van der Waals surface area (Å²) >= 11 is 13.0. The van der Waals surface area contributed by atoms with Gasteiger partial charge in [-0.05, 0) is 30.9 Å². The zero-order chi connectivity index (χ0) is 10.4. The standard InChI is InChI=1S/C12H11Cl2N/c1-11(14)5-7-6-3-2-4-15-9(6)8-10(13)12(7,8)11/h2-4,7-8,10H,5H2,1H3/t7-,8+,10-,11+,12-/m1/s1. The summed E-state index contributed by atoms with van der Waals surface area (Å²) in [5, 5.41) is 0.209. The monoisotopic (exact) mass is 239 g/mol. The lowest BCUT2D eigenvalue weighted by Crippen LogP contribution is -2.48. The van der Waals surface area contributed by atoms with E-state index >= 15 is 0 Å². The maximum atomic E-state index is 6.56. The van der Waals surface area contributed by atoms with Crippen molar-refractivity contribution in [3.05, 3.63) is 29.6 Å². The predicted molar refractivity (Wildman–Crippen MR) is 60.7 cm³/mol. The number of halogens is 2. The molecular weight excluding hydrogens is 229 g/mol. The van der Waals surface area contributed by atoms with Gasteiger partial charge in [-0.25, -0.2) is 0 Å². The summed E-state index contributed by atoms with van der Waals surface area (Å²) in [5.41, 5.74) is 2.75. The maximum absolute atomic E-state index is 6.56. The number of fused-ring (bicyclic) bond motifs is 3. The molecule has 0 amide bonds. The summed E-state index contributed by atoms with van der Waals surface area (Å²) in [7, 11) is 0. The molecule has 0 bridgehead atoms. The molecule has 1 aromatic rings. The van der Waals surface area contributed by atoms with Crippen LogP contribution in [0.3, 0.4) is 0 Å². The number of rotatable bonds is 0. The topological polar surface area (TPSA) is 12.9 Å². The van der Waals surface area contributed by atoms with Crippen molar-refractivity contribution in [3.63, 3.8) is 0 Å². The Bertz CT molecular complexity index is 466. The molecule has 2 fully saturated rings. The van der Waals surface area contributed by atoms with Crippen LogP contribution in [0.5, 0.6) is 0 Å². The molecule has 1 nitrogen and oxygen atoms in total. The average Bonchev–Trinajstić information content (AvgIpc) is 2.76. The van der Waals surface area contributed by atoms with Crippen LogP contribution in [-0.2, 0) is 0 Å². The van der Waals surface area contributed by atoms with Gasteiger partial charge in [0.25, 0.3) is 0 Å². The second-order valence-electron chi connectivity index (χ2n) is 5.24. The third-order valence-electron chi connectivity index (χ3n) is 4.76. The van der Waals surface area contributed by atoms with Crippen molar-refractivity contribution in [1.29, 1.82) is 0 Å². The van der Waals surface area contributed by atoms with Crippen molar-refractivity contribution in [2.45, 2.75) is 35.4 Å². The van der Waals surface area contributed by atoms with Gasteiger partial charge in [0.15, 0.2) is 0 Å². The summed E-state index contributed by atoms with van der Waals surface area (Å²) < 4.78 is 0. The zero-order valence-corrected chi connectivity index (χ0v) is 9.89. The minimum Gasteiger partial charge on any atom is -0.261 e. The molecule has 0 unspecified atom stereocenters. The van der Waals surface area contributed by atoms with Crippen molar-refractivity contribution >= 4 is 23.2 Å². The van der Waals surface area contributed by atoms with Crippen molar-refractivity contribution in [2.24, 2.45) is 5.41 Å². The van der Waals surface area contributed by atoms with E-state index in [2.05, 4.69) is 18.0 Å². The Kier molecular flexibility index (Phi) is 1.30. The van der Waals surface area contributed by atoms with E-state index in [1.54, 1.807) is 0 Å². The van der Waals surface area contributed by atoms with Crippen LogP contribution in [0.15, 0.2) is 18.3 Å². The lowest BCUT2D eigenvalue weighted by atomic mass is 9.61. The molecule has 4 rings (SSSR count). The van der Waals surface area contributed by atoms with Crippen LogP contribution in [0.1, 0.15) is 36.4 Å². The van der Waals surface area contributed by atoms with Crippen LogP contribution in [-0.4, -0.2) is 15.2 Å². The first kappa shape index (κ1) is 8.83. The molecule has 1 aromatic heterocycles. The van der Waals surface area contributed by atoms with Gasteiger partial charge in [0, 0.05) is 23.2 Å². The predicted octanol–water partition coefficient (Wildman–Crippen LogP) is 3.27. The number of hydrogen-bond acceptors (Lipinski definition) is 1. The highest BCUT2D eigenvalue weighted by atomic mass is 35.5.